The van der Waals surface area contributed by atoms with Crippen LogP contribution in [-0.2, 0) is 6.54 Å². The lowest BCUT2D eigenvalue weighted by atomic mass is 10.3. The fraction of sp³-hybridized carbons (Fsp3) is 0.700. The van der Waals surface area contributed by atoms with Gasteiger partial charge in [0.25, 0.3) is 0 Å². The van der Waals surface area contributed by atoms with Crippen molar-refractivity contribution in [1.29, 1.82) is 0 Å². The van der Waals surface area contributed by atoms with Gasteiger partial charge in [0.1, 0.15) is 0 Å². The molecule has 0 radical (unpaired) electrons. The molecule has 0 saturated carbocycles. The van der Waals surface area contributed by atoms with Gasteiger partial charge in [0.15, 0.2) is 5.69 Å². The molecule has 2 rings (SSSR count). The molecule has 1 aromatic rings. The number of aromatic nitrogens is 3. The quantitative estimate of drug-likeness (QED) is 0.804. The molecule has 0 aromatic carbocycles. The largest absolute Gasteiger partial charge is 0.476 e. The number of carboxylic acids is 1. The first-order chi connectivity index (χ1) is 7.66. The first kappa shape index (κ1) is 11.1. The van der Waals surface area contributed by atoms with Crippen LogP contribution in [0, 0.1) is 0 Å². The zero-order valence-electron chi connectivity index (χ0n) is 9.33. The number of hydrogen-bond donors (Lipinski definition) is 1. The predicted octanol–water partition coefficient (Wildman–Crippen LogP) is 0.461. The van der Waals surface area contributed by atoms with Crippen LogP contribution in [0.2, 0.25) is 0 Å². The zero-order chi connectivity index (χ0) is 11.5. The normalized spacial score (nSPS) is 18.8. The molecule has 6 nitrogen and oxygen atoms in total. The van der Waals surface area contributed by atoms with E-state index in [1.807, 2.05) is 0 Å². The summed E-state index contributed by atoms with van der Waals surface area (Å²) >= 11 is 0. The first-order valence-corrected chi connectivity index (χ1v) is 5.54. The summed E-state index contributed by atoms with van der Waals surface area (Å²) in [5.41, 5.74) is 0.00798. The number of rotatable bonds is 4. The third kappa shape index (κ3) is 2.38. The maximum absolute atomic E-state index is 10.6. The van der Waals surface area contributed by atoms with Crippen molar-refractivity contribution >= 4 is 5.97 Å². The Morgan fingerprint density at radius 3 is 2.81 bits per heavy atom. The average Bonchev–Trinajstić information content (AvgIpc) is 2.87. The van der Waals surface area contributed by atoms with E-state index < -0.39 is 5.97 Å². The summed E-state index contributed by atoms with van der Waals surface area (Å²) in [5, 5.41) is 16.1. The summed E-state index contributed by atoms with van der Waals surface area (Å²) in [6.45, 7) is 5.08. The van der Waals surface area contributed by atoms with Gasteiger partial charge in [-0.1, -0.05) is 5.21 Å². The summed E-state index contributed by atoms with van der Waals surface area (Å²) in [6, 6.07) is 0.380. The van der Waals surface area contributed by atoms with E-state index >= 15 is 0 Å². The molecule has 1 saturated heterocycles. The van der Waals surface area contributed by atoms with Crippen molar-refractivity contribution in [2.45, 2.75) is 32.4 Å². The molecule has 0 unspecified atom stereocenters. The second-order valence-electron chi connectivity index (χ2n) is 4.22. The van der Waals surface area contributed by atoms with E-state index in [1.54, 1.807) is 4.68 Å². The van der Waals surface area contributed by atoms with Crippen LogP contribution in [0.15, 0.2) is 6.20 Å². The Bertz CT molecular complexity index is 371. The van der Waals surface area contributed by atoms with Crippen LogP contribution in [-0.4, -0.2) is 50.1 Å². The lowest BCUT2D eigenvalue weighted by Crippen LogP contribution is -2.33. The van der Waals surface area contributed by atoms with E-state index in [0.29, 0.717) is 12.6 Å². The molecule has 1 atom stereocenters. The summed E-state index contributed by atoms with van der Waals surface area (Å²) in [5.74, 6) is -1.03. The van der Waals surface area contributed by atoms with Crippen molar-refractivity contribution in [3.8, 4) is 0 Å². The molecule has 1 fully saturated rings. The Morgan fingerprint density at radius 1 is 1.56 bits per heavy atom. The van der Waals surface area contributed by atoms with Crippen molar-refractivity contribution in [1.82, 2.24) is 19.9 Å². The molecule has 1 aliphatic rings. The van der Waals surface area contributed by atoms with Gasteiger partial charge in [0.05, 0.1) is 12.7 Å². The highest BCUT2D eigenvalue weighted by atomic mass is 16.4. The summed E-state index contributed by atoms with van der Waals surface area (Å²) in [7, 11) is 0. The molecule has 1 aliphatic heterocycles. The van der Waals surface area contributed by atoms with Crippen molar-refractivity contribution in [3.05, 3.63) is 11.9 Å². The van der Waals surface area contributed by atoms with E-state index in [9.17, 15) is 4.79 Å². The fourth-order valence-corrected chi connectivity index (χ4v) is 2.05. The minimum absolute atomic E-state index is 0.00798. The first-order valence-electron chi connectivity index (χ1n) is 5.54. The van der Waals surface area contributed by atoms with Gasteiger partial charge >= 0.3 is 5.97 Å². The molecular weight excluding hydrogens is 208 g/mol. The van der Waals surface area contributed by atoms with Crippen LogP contribution < -0.4 is 0 Å². The molecule has 1 aromatic heterocycles. The number of aromatic carboxylic acids is 1. The number of carbonyl (C=O) groups is 1. The summed E-state index contributed by atoms with van der Waals surface area (Å²) in [4.78, 5) is 13.0. The Hall–Kier alpha value is -1.43. The standard InChI is InChI=1S/C10H16N4O2/c1-8(13-4-2-3-5-13)6-14-7-9(10(15)16)11-12-14/h7-8H,2-6H2,1H3,(H,15,16)/t8-/m0/s1. The topological polar surface area (TPSA) is 71.2 Å². The van der Waals surface area contributed by atoms with Crippen LogP contribution >= 0.6 is 0 Å². The van der Waals surface area contributed by atoms with Crippen molar-refractivity contribution in [2.24, 2.45) is 0 Å². The minimum Gasteiger partial charge on any atom is -0.476 e. The highest BCUT2D eigenvalue weighted by Crippen LogP contribution is 2.12. The van der Waals surface area contributed by atoms with Gasteiger partial charge < -0.3 is 5.11 Å². The Labute approximate surface area is 93.9 Å². The molecule has 6 heteroatoms. The summed E-state index contributed by atoms with van der Waals surface area (Å²) < 4.78 is 1.60. The number of hydrogen-bond acceptors (Lipinski definition) is 4. The van der Waals surface area contributed by atoms with E-state index in [4.69, 9.17) is 5.11 Å². The molecular formula is C10H16N4O2. The Morgan fingerprint density at radius 2 is 2.25 bits per heavy atom. The predicted molar refractivity (Wildman–Crippen MR) is 57.3 cm³/mol. The van der Waals surface area contributed by atoms with Crippen molar-refractivity contribution < 1.29 is 9.90 Å². The van der Waals surface area contributed by atoms with Crippen molar-refractivity contribution in [2.75, 3.05) is 13.1 Å². The molecule has 16 heavy (non-hydrogen) atoms. The number of nitrogens with zero attached hydrogens (tertiary/aromatic N) is 4. The van der Waals surface area contributed by atoms with Crippen LogP contribution in [0.4, 0.5) is 0 Å². The van der Waals surface area contributed by atoms with Crippen LogP contribution in [0.5, 0.6) is 0 Å². The molecule has 0 spiro atoms. The molecule has 0 aliphatic carbocycles. The van der Waals surface area contributed by atoms with Crippen LogP contribution in [0.3, 0.4) is 0 Å². The molecule has 2 heterocycles. The maximum Gasteiger partial charge on any atom is 0.358 e. The minimum atomic E-state index is -1.03. The molecule has 88 valence electrons. The molecule has 0 bridgehead atoms. The SMILES string of the molecule is C[C@@H](Cn1cc(C(=O)O)nn1)N1CCCC1. The van der Waals surface area contributed by atoms with Crippen LogP contribution in [0.25, 0.3) is 0 Å². The van der Waals surface area contributed by atoms with E-state index in [0.717, 1.165) is 13.1 Å². The van der Waals surface area contributed by atoms with Gasteiger partial charge in [-0.15, -0.1) is 5.10 Å². The Balaban J connectivity index is 1.94. The zero-order valence-corrected chi connectivity index (χ0v) is 9.33. The van der Waals surface area contributed by atoms with Gasteiger partial charge in [0.2, 0.25) is 0 Å². The maximum atomic E-state index is 10.6. The van der Waals surface area contributed by atoms with E-state index in [-0.39, 0.29) is 5.69 Å². The van der Waals surface area contributed by atoms with Gasteiger partial charge in [-0.3, -0.25) is 9.58 Å². The van der Waals surface area contributed by atoms with Gasteiger partial charge in [-0.05, 0) is 32.9 Å². The second kappa shape index (κ2) is 4.61. The number of likely N-dealkylation sites (tertiary alicyclic amines) is 1. The molecule has 1 N–H and O–H groups in total. The second-order valence-corrected chi connectivity index (χ2v) is 4.22. The molecule has 0 amide bonds. The van der Waals surface area contributed by atoms with Gasteiger partial charge in [-0.2, -0.15) is 0 Å². The van der Waals surface area contributed by atoms with E-state index in [1.165, 1.54) is 19.0 Å². The van der Waals surface area contributed by atoms with E-state index in [2.05, 4.69) is 22.1 Å². The van der Waals surface area contributed by atoms with Gasteiger partial charge in [-0.25, -0.2) is 4.79 Å². The lowest BCUT2D eigenvalue weighted by molar-refractivity contribution is 0.0690. The third-order valence-corrected chi connectivity index (χ3v) is 2.97. The smallest absolute Gasteiger partial charge is 0.358 e. The average molecular weight is 224 g/mol. The third-order valence-electron chi connectivity index (χ3n) is 2.97. The highest BCUT2D eigenvalue weighted by Gasteiger charge is 2.19. The van der Waals surface area contributed by atoms with Crippen LogP contribution in [0.1, 0.15) is 30.3 Å². The monoisotopic (exact) mass is 224 g/mol. The number of carboxylic acid groups (broad SMARTS) is 1. The van der Waals surface area contributed by atoms with Gasteiger partial charge in [0, 0.05) is 6.04 Å². The lowest BCUT2D eigenvalue weighted by Gasteiger charge is -2.23. The Kier molecular flexibility index (Phi) is 3.19. The van der Waals surface area contributed by atoms with Crippen molar-refractivity contribution in [3.63, 3.8) is 0 Å². The fourth-order valence-electron chi connectivity index (χ4n) is 2.05. The highest BCUT2D eigenvalue weighted by molar-refractivity contribution is 5.84. The summed E-state index contributed by atoms with van der Waals surface area (Å²) in [6.07, 6.45) is 3.99.